The molecule has 19 heavy (non-hydrogen) atoms. The largest absolute Gasteiger partial charge is 0.416 e. The molecule has 1 aromatic carbocycles. The van der Waals surface area contributed by atoms with E-state index in [1.165, 1.54) is 6.07 Å². The molecule has 106 valence electrons. The SMILES string of the molecule is COCC1CC(Cc2ccccc2C(F)(F)F)CN1. The third-order valence-electron chi connectivity index (χ3n) is 3.51. The van der Waals surface area contributed by atoms with Crippen molar-refractivity contribution in [2.75, 3.05) is 20.3 Å². The normalized spacial score (nSPS) is 23.8. The monoisotopic (exact) mass is 273 g/mol. The maximum Gasteiger partial charge on any atom is 0.416 e. The second kappa shape index (κ2) is 5.92. The smallest absolute Gasteiger partial charge is 0.383 e. The second-order valence-electron chi connectivity index (χ2n) is 5.02. The van der Waals surface area contributed by atoms with Crippen molar-refractivity contribution in [1.82, 2.24) is 5.32 Å². The Morgan fingerprint density at radius 1 is 1.32 bits per heavy atom. The summed E-state index contributed by atoms with van der Waals surface area (Å²) in [6.45, 7) is 1.36. The van der Waals surface area contributed by atoms with Gasteiger partial charge in [0, 0.05) is 13.2 Å². The predicted octanol–water partition coefficient (Wildman–Crippen LogP) is 2.87. The van der Waals surface area contributed by atoms with E-state index >= 15 is 0 Å². The average molecular weight is 273 g/mol. The third-order valence-corrected chi connectivity index (χ3v) is 3.51. The zero-order valence-electron chi connectivity index (χ0n) is 10.8. The van der Waals surface area contributed by atoms with Crippen LogP contribution in [-0.2, 0) is 17.3 Å². The maximum atomic E-state index is 12.9. The topological polar surface area (TPSA) is 21.3 Å². The molecule has 1 saturated heterocycles. The van der Waals surface area contributed by atoms with Gasteiger partial charge in [-0.3, -0.25) is 0 Å². The van der Waals surface area contributed by atoms with E-state index in [0.717, 1.165) is 19.0 Å². The fraction of sp³-hybridized carbons (Fsp3) is 0.571. The Kier molecular flexibility index (Phi) is 4.47. The van der Waals surface area contributed by atoms with Crippen molar-refractivity contribution in [2.45, 2.75) is 25.1 Å². The van der Waals surface area contributed by atoms with Crippen molar-refractivity contribution < 1.29 is 17.9 Å². The molecule has 0 radical (unpaired) electrons. The molecule has 1 aliphatic rings. The van der Waals surface area contributed by atoms with Crippen LogP contribution in [0, 0.1) is 5.92 Å². The number of methoxy groups -OCH3 is 1. The van der Waals surface area contributed by atoms with Crippen molar-refractivity contribution >= 4 is 0 Å². The molecule has 1 fully saturated rings. The number of alkyl halides is 3. The van der Waals surface area contributed by atoms with Gasteiger partial charge in [0.25, 0.3) is 0 Å². The van der Waals surface area contributed by atoms with Gasteiger partial charge >= 0.3 is 6.18 Å². The van der Waals surface area contributed by atoms with Crippen molar-refractivity contribution in [3.05, 3.63) is 35.4 Å². The first-order valence-corrected chi connectivity index (χ1v) is 6.38. The molecule has 0 aromatic heterocycles. The van der Waals surface area contributed by atoms with E-state index in [1.54, 1.807) is 19.2 Å². The van der Waals surface area contributed by atoms with E-state index in [-0.39, 0.29) is 12.0 Å². The Morgan fingerprint density at radius 3 is 2.74 bits per heavy atom. The van der Waals surface area contributed by atoms with Crippen LogP contribution in [0.25, 0.3) is 0 Å². The molecular formula is C14H18F3NO. The Labute approximate surface area is 111 Å². The zero-order chi connectivity index (χ0) is 13.9. The molecule has 2 rings (SSSR count). The summed E-state index contributed by atoms with van der Waals surface area (Å²) < 4.78 is 43.7. The summed E-state index contributed by atoms with van der Waals surface area (Å²) in [5.74, 6) is 0.239. The van der Waals surface area contributed by atoms with E-state index in [9.17, 15) is 13.2 Å². The van der Waals surface area contributed by atoms with E-state index < -0.39 is 11.7 Å². The second-order valence-corrected chi connectivity index (χ2v) is 5.02. The minimum atomic E-state index is -4.27. The van der Waals surface area contributed by atoms with Gasteiger partial charge in [-0.25, -0.2) is 0 Å². The highest BCUT2D eigenvalue weighted by Crippen LogP contribution is 2.33. The Hall–Kier alpha value is -1.07. The summed E-state index contributed by atoms with van der Waals surface area (Å²) in [5.41, 5.74) is -0.120. The summed E-state index contributed by atoms with van der Waals surface area (Å²) in [6.07, 6.45) is -2.95. The Morgan fingerprint density at radius 2 is 2.05 bits per heavy atom. The van der Waals surface area contributed by atoms with Crippen molar-refractivity contribution in [1.29, 1.82) is 0 Å². The lowest BCUT2D eigenvalue weighted by Crippen LogP contribution is -2.25. The van der Waals surface area contributed by atoms with Crippen LogP contribution in [-0.4, -0.2) is 26.3 Å². The summed E-state index contributed by atoms with van der Waals surface area (Å²) in [5, 5.41) is 3.28. The van der Waals surface area contributed by atoms with E-state index in [4.69, 9.17) is 4.74 Å². The van der Waals surface area contributed by atoms with Gasteiger partial charge in [-0.1, -0.05) is 18.2 Å². The van der Waals surface area contributed by atoms with Gasteiger partial charge in [-0.05, 0) is 36.9 Å². The van der Waals surface area contributed by atoms with E-state index in [0.29, 0.717) is 18.6 Å². The molecule has 2 atom stereocenters. The fourth-order valence-electron chi connectivity index (χ4n) is 2.67. The van der Waals surface area contributed by atoms with E-state index in [2.05, 4.69) is 5.32 Å². The first kappa shape index (κ1) is 14.3. The summed E-state index contributed by atoms with van der Waals surface area (Å²) in [4.78, 5) is 0. The van der Waals surface area contributed by atoms with Gasteiger partial charge < -0.3 is 10.1 Å². The molecule has 0 spiro atoms. The summed E-state index contributed by atoms with van der Waals surface area (Å²) in [7, 11) is 1.63. The molecule has 5 heteroatoms. The lowest BCUT2D eigenvalue weighted by atomic mass is 9.93. The molecule has 1 aromatic rings. The zero-order valence-corrected chi connectivity index (χ0v) is 10.8. The maximum absolute atomic E-state index is 12.9. The number of ether oxygens (including phenoxy) is 1. The highest BCUT2D eigenvalue weighted by molar-refractivity contribution is 5.30. The molecule has 0 bridgehead atoms. The van der Waals surface area contributed by atoms with Gasteiger partial charge in [0.05, 0.1) is 12.2 Å². The molecule has 2 nitrogen and oxygen atoms in total. The predicted molar refractivity (Wildman–Crippen MR) is 66.9 cm³/mol. The molecule has 1 aliphatic heterocycles. The first-order valence-electron chi connectivity index (χ1n) is 6.38. The quantitative estimate of drug-likeness (QED) is 0.910. The van der Waals surface area contributed by atoms with Gasteiger partial charge in [-0.15, -0.1) is 0 Å². The van der Waals surface area contributed by atoms with Crippen LogP contribution in [0.2, 0.25) is 0 Å². The lowest BCUT2D eigenvalue weighted by molar-refractivity contribution is -0.138. The highest BCUT2D eigenvalue weighted by Gasteiger charge is 2.34. The summed E-state index contributed by atoms with van der Waals surface area (Å²) in [6, 6.07) is 6.09. The number of nitrogens with one attached hydrogen (secondary N) is 1. The van der Waals surface area contributed by atoms with Gasteiger partial charge in [0.2, 0.25) is 0 Å². The molecular weight excluding hydrogens is 255 g/mol. The number of rotatable bonds is 4. The van der Waals surface area contributed by atoms with Crippen LogP contribution in [0.5, 0.6) is 0 Å². The van der Waals surface area contributed by atoms with Crippen LogP contribution in [0.15, 0.2) is 24.3 Å². The van der Waals surface area contributed by atoms with Crippen molar-refractivity contribution in [2.24, 2.45) is 5.92 Å². The van der Waals surface area contributed by atoms with Crippen molar-refractivity contribution in [3.8, 4) is 0 Å². The summed E-state index contributed by atoms with van der Waals surface area (Å²) >= 11 is 0. The van der Waals surface area contributed by atoms with Gasteiger partial charge in [0.1, 0.15) is 0 Å². The lowest BCUT2D eigenvalue weighted by Gasteiger charge is -2.15. The van der Waals surface area contributed by atoms with Crippen LogP contribution in [0.4, 0.5) is 13.2 Å². The standard InChI is InChI=1S/C14H18F3NO/c1-19-9-12-7-10(8-18-12)6-11-4-2-3-5-13(11)14(15,16)17/h2-5,10,12,18H,6-9H2,1H3. The number of hydrogen-bond acceptors (Lipinski definition) is 2. The van der Waals surface area contributed by atoms with Crippen LogP contribution in [0.1, 0.15) is 17.5 Å². The molecule has 0 aliphatic carbocycles. The minimum Gasteiger partial charge on any atom is -0.383 e. The number of benzene rings is 1. The molecule has 1 heterocycles. The van der Waals surface area contributed by atoms with Crippen LogP contribution in [0.3, 0.4) is 0 Å². The highest BCUT2D eigenvalue weighted by atomic mass is 19.4. The fourth-order valence-corrected chi connectivity index (χ4v) is 2.67. The molecule has 2 unspecified atom stereocenters. The average Bonchev–Trinajstić information content (AvgIpc) is 2.76. The number of hydrogen-bond donors (Lipinski definition) is 1. The molecule has 0 saturated carbocycles. The third kappa shape index (κ3) is 3.70. The van der Waals surface area contributed by atoms with Gasteiger partial charge in [0.15, 0.2) is 0 Å². The minimum absolute atomic E-state index is 0.239. The van der Waals surface area contributed by atoms with Gasteiger partial charge in [-0.2, -0.15) is 13.2 Å². The van der Waals surface area contributed by atoms with Crippen LogP contribution < -0.4 is 5.32 Å². The molecule has 0 amide bonds. The molecule has 1 N–H and O–H groups in total. The number of halogens is 3. The van der Waals surface area contributed by atoms with E-state index in [1.807, 2.05) is 0 Å². The van der Waals surface area contributed by atoms with Crippen LogP contribution >= 0.6 is 0 Å². The first-order chi connectivity index (χ1) is 9.00. The Bertz CT molecular complexity index is 419. The van der Waals surface area contributed by atoms with Crippen molar-refractivity contribution in [3.63, 3.8) is 0 Å². The Balaban J connectivity index is 2.04.